The van der Waals surface area contributed by atoms with E-state index in [9.17, 15) is 0 Å². The highest BCUT2D eigenvalue weighted by molar-refractivity contribution is 5.83. The van der Waals surface area contributed by atoms with E-state index < -0.39 is 0 Å². The van der Waals surface area contributed by atoms with Crippen LogP contribution in [0.5, 0.6) is 0 Å². The molecule has 2 nitrogen and oxygen atoms in total. The highest BCUT2D eigenvalue weighted by Crippen LogP contribution is 2.49. The topological polar surface area (TPSA) is 25.8 Å². The Morgan fingerprint density at radius 3 is 1.91 bits per heavy atom. The number of hydrogen-bond acceptors (Lipinski definition) is 2. The third-order valence-electron chi connectivity index (χ3n) is 6.98. The lowest BCUT2D eigenvalue weighted by Gasteiger charge is -2.22. The van der Waals surface area contributed by atoms with E-state index in [0.29, 0.717) is 0 Å². The molecular weight excluding hydrogens is 412 g/mol. The molecule has 0 unspecified atom stereocenters. The summed E-state index contributed by atoms with van der Waals surface area (Å²) in [6.07, 6.45) is 0. The van der Waals surface area contributed by atoms with Gasteiger partial charge in [-0.3, -0.25) is 0 Å². The number of rotatable bonds is 3. The fourth-order valence-corrected chi connectivity index (χ4v) is 5.05. The fourth-order valence-electron chi connectivity index (χ4n) is 5.05. The monoisotopic (exact) mass is 438 g/mol. The summed E-state index contributed by atoms with van der Waals surface area (Å²) in [6.45, 7) is 6.73. The molecule has 5 aromatic rings. The van der Waals surface area contributed by atoms with Crippen LogP contribution in [0.25, 0.3) is 45.0 Å². The third-order valence-corrected chi connectivity index (χ3v) is 6.98. The Hall–Kier alpha value is -4.04. The Balaban J connectivity index is 1.53. The van der Waals surface area contributed by atoms with Crippen molar-refractivity contribution in [1.29, 1.82) is 0 Å². The molecule has 0 bridgehead atoms. The van der Waals surface area contributed by atoms with Gasteiger partial charge in [0.25, 0.3) is 0 Å². The van der Waals surface area contributed by atoms with E-state index in [4.69, 9.17) is 9.97 Å². The zero-order valence-corrected chi connectivity index (χ0v) is 19.7. The first-order chi connectivity index (χ1) is 16.5. The second-order valence-corrected chi connectivity index (χ2v) is 9.63. The van der Waals surface area contributed by atoms with Crippen molar-refractivity contribution in [3.8, 4) is 45.0 Å². The number of benzene rings is 4. The van der Waals surface area contributed by atoms with Crippen molar-refractivity contribution in [2.45, 2.75) is 26.2 Å². The van der Waals surface area contributed by atoms with Crippen LogP contribution in [0.3, 0.4) is 0 Å². The van der Waals surface area contributed by atoms with E-state index in [-0.39, 0.29) is 5.41 Å². The Morgan fingerprint density at radius 2 is 1.15 bits per heavy atom. The van der Waals surface area contributed by atoms with E-state index in [2.05, 4.69) is 106 Å². The number of aromatic nitrogens is 2. The van der Waals surface area contributed by atoms with Crippen molar-refractivity contribution in [3.05, 3.63) is 120 Å². The summed E-state index contributed by atoms with van der Waals surface area (Å²) in [6, 6.07) is 36.4. The summed E-state index contributed by atoms with van der Waals surface area (Å²) in [5.74, 6) is 0.747. The molecule has 0 saturated heterocycles. The summed E-state index contributed by atoms with van der Waals surface area (Å²) in [5, 5.41) is 0. The Labute approximate surface area is 201 Å². The Bertz CT molecular complexity index is 1510. The molecule has 1 aliphatic carbocycles. The van der Waals surface area contributed by atoms with Crippen LogP contribution >= 0.6 is 0 Å². The highest BCUT2D eigenvalue weighted by Gasteiger charge is 2.35. The maximum absolute atomic E-state index is 5.03. The molecule has 0 aliphatic heterocycles. The van der Waals surface area contributed by atoms with Crippen LogP contribution in [0.4, 0.5) is 0 Å². The van der Waals surface area contributed by atoms with E-state index in [1.807, 2.05) is 18.2 Å². The summed E-state index contributed by atoms with van der Waals surface area (Å²) >= 11 is 0. The van der Waals surface area contributed by atoms with E-state index in [1.165, 1.54) is 27.8 Å². The van der Waals surface area contributed by atoms with Gasteiger partial charge < -0.3 is 0 Å². The molecule has 0 radical (unpaired) electrons. The maximum atomic E-state index is 5.03. The second-order valence-electron chi connectivity index (χ2n) is 9.63. The largest absolute Gasteiger partial charge is 0.228 e. The van der Waals surface area contributed by atoms with Gasteiger partial charge in [-0.05, 0) is 41.3 Å². The van der Waals surface area contributed by atoms with Crippen LogP contribution < -0.4 is 0 Å². The molecule has 34 heavy (non-hydrogen) atoms. The smallest absolute Gasteiger partial charge is 0.160 e. The molecule has 6 rings (SSSR count). The van der Waals surface area contributed by atoms with Crippen molar-refractivity contribution in [2.75, 3.05) is 0 Å². The molecule has 0 atom stereocenters. The fraction of sp³-hybridized carbons (Fsp3) is 0.125. The number of hydrogen-bond donors (Lipinski definition) is 0. The van der Waals surface area contributed by atoms with Gasteiger partial charge in [0.1, 0.15) is 0 Å². The molecule has 0 spiro atoms. The van der Waals surface area contributed by atoms with Crippen LogP contribution in [0.15, 0.2) is 103 Å². The standard InChI is InChI=1S/C32H26N2/c1-21-13-15-22(16-14-21)29-20-30(34-31(33-29)23-9-5-4-6-10-23)24-17-18-26-25-11-7-8-12-27(25)32(2,3)28(26)19-24/h4-20H,1-3H3. The lowest BCUT2D eigenvalue weighted by Crippen LogP contribution is -2.14. The van der Waals surface area contributed by atoms with Crippen LogP contribution in [-0.2, 0) is 5.41 Å². The lowest BCUT2D eigenvalue weighted by molar-refractivity contribution is 0.660. The van der Waals surface area contributed by atoms with Crippen LogP contribution in [0.2, 0.25) is 0 Å². The molecule has 2 heteroatoms. The molecule has 4 aromatic carbocycles. The number of aryl methyl sites for hydroxylation is 1. The van der Waals surface area contributed by atoms with Gasteiger partial charge in [0, 0.05) is 22.1 Å². The predicted octanol–water partition coefficient (Wildman–Crippen LogP) is 8.09. The zero-order valence-electron chi connectivity index (χ0n) is 19.7. The molecule has 164 valence electrons. The Morgan fingerprint density at radius 1 is 0.529 bits per heavy atom. The molecule has 1 aliphatic rings. The predicted molar refractivity (Wildman–Crippen MR) is 141 cm³/mol. The van der Waals surface area contributed by atoms with Crippen molar-refractivity contribution < 1.29 is 0 Å². The van der Waals surface area contributed by atoms with Crippen molar-refractivity contribution >= 4 is 0 Å². The normalized spacial score (nSPS) is 13.4. The Kier molecular flexibility index (Phi) is 4.70. The van der Waals surface area contributed by atoms with Gasteiger partial charge in [-0.1, -0.05) is 110 Å². The van der Waals surface area contributed by atoms with Gasteiger partial charge in [0.15, 0.2) is 5.82 Å². The van der Waals surface area contributed by atoms with E-state index in [0.717, 1.165) is 33.9 Å². The van der Waals surface area contributed by atoms with Crippen molar-refractivity contribution in [2.24, 2.45) is 0 Å². The first-order valence-electron chi connectivity index (χ1n) is 11.8. The van der Waals surface area contributed by atoms with E-state index >= 15 is 0 Å². The molecule has 0 fully saturated rings. The molecule has 0 amide bonds. The first-order valence-corrected chi connectivity index (χ1v) is 11.8. The third kappa shape index (κ3) is 3.34. The summed E-state index contributed by atoms with van der Waals surface area (Å²) in [4.78, 5) is 9.98. The summed E-state index contributed by atoms with van der Waals surface area (Å²) in [5.41, 5.74) is 11.7. The summed E-state index contributed by atoms with van der Waals surface area (Å²) < 4.78 is 0. The minimum Gasteiger partial charge on any atom is -0.228 e. The van der Waals surface area contributed by atoms with E-state index in [1.54, 1.807) is 0 Å². The van der Waals surface area contributed by atoms with Gasteiger partial charge >= 0.3 is 0 Å². The van der Waals surface area contributed by atoms with Gasteiger partial charge in [-0.15, -0.1) is 0 Å². The minimum absolute atomic E-state index is 0.0446. The zero-order chi connectivity index (χ0) is 23.3. The average molecular weight is 439 g/mol. The van der Waals surface area contributed by atoms with Gasteiger partial charge in [-0.2, -0.15) is 0 Å². The minimum atomic E-state index is -0.0446. The average Bonchev–Trinajstić information content (AvgIpc) is 3.11. The van der Waals surface area contributed by atoms with Gasteiger partial charge in [-0.25, -0.2) is 9.97 Å². The molecule has 0 N–H and O–H groups in total. The molecular formula is C32H26N2. The van der Waals surface area contributed by atoms with Crippen molar-refractivity contribution in [3.63, 3.8) is 0 Å². The lowest BCUT2D eigenvalue weighted by atomic mass is 9.82. The van der Waals surface area contributed by atoms with Crippen LogP contribution in [-0.4, -0.2) is 9.97 Å². The van der Waals surface area contributed by atoms with Crippen LogP contribution in [0.1, 0.15) is 30.5 Å². The highest BCUT2D eigenvalue weighted by atomic mass is 14.9. The van der Waals surface area contributed by atoms with Gasteiger partial charge in [0.05, 0.1) is 11.4 Å². The SMILES string of the molecule is Cc1ccc(-c2cc(-c3ccc4c(c3)C(C)(C)c3ccccc3-4)nc(-c3ccccc3)n2)cc1. The molecule has 1 aromatic heterocycles. The molecule has 1 heterocycles. The summed E-state index contributed by atoms with van der Waals surface area (Å²) in [7, 11) is 0. The second kappa shape index (κ2) is 7.78. The molecule has 0 saturated carbocycles. The van der Waals surface area contributed by atoms with Crippen LogP contribution in [0, 0.1) is 6.92 Å². The number of nitrogens with zero attached hydrogens (tertiary/aromatic N) is 2. The maximum Gasteiger partial charge on any atom is 0.160 e. The quantitative estimate of drug-likeness (QED) is 0.284. The number of fused-ring (bicyclic) bond motifs is 3. The van der Waals surface area contributed by atoms with Gasteiger partial charge in [0.2, 0.25) is 0 Å². The first kappa shape index (κ1) is 20.6. The van der Waals surface area contributed by atoms with Crippen molar-refractivity contribution in [1.82, 2.24) is 9.97 Å².